The summed E-state index contributed by atoms with van der Waals surface area (Å²) in [5.41, 5.74) is 2.65. The van der Waals surface area contributed by atoms with Gasteiger partial charge in [0.25, 0.3) is 0 Å². The molecule has 0 aromatic heterocycles. The van der Waals surface area contributed by atoms with Gasteiger partial charge in [-0.15, -0.1) is 9.42 Å². The number of nitrogens with zero attached hydrogens (tertiary/aromatic N) is 2. The Balaban J connectivity index is 2.29. The van der Waals surface area contributed by atoms with Crippen LogP contribution in [-0.2, 0) is 9.09 Å². The lowest BCUT2D eigenvalue weighted by molar-refractivity contribution is 0.141. The third kappa shape index (κ3) is 3.17. The number of rotatable bonds is 4. The van der Waals surface area contributed by atoms with Crippen LogP contribution in [0.5, 0.6) is 0 Å². The Morgan fingerprint density at radius 2 is 2.43 bits per heavy atom. The molecule has 0 amide bonds. The van der Waals surface area contributed by atoms with Gasteiger partial charge in [-0.05, 0) is 6.42 Å². The predicted octanol–water partition coefficient (Wildman–Crippen LogP) is -1.07. The monoisotopic (exact) mass is 222 g/mol. The Morgan fingerprint density at radius 1 is 1.71 bits per heavy atom. The summed E-state index contributed by atoms with van der Waals surface area (Å²) in [4.78, 5) is 8.34. The highest BCUT2D eigenvalue weighted by Crippen LogP contribution is 2.12. The first-order chi connectivity index (χ1) is 6.61. The van der Waals surface area contributed by atoms with Crippen molar-refractivity contribution in [1.82, 2.24) is 15.4 Å². The average molecular weight is 222 g/mol. The van der Waals surface area contributed by atoms with Gasteiger partial charge in [0, 0.05) is 17.7 Å². The Morgan fingerprint density at radius 3 is 3.07 bits per heavy atom. The van der Waals surface area contributed by atoms with Gasteiger partial charge < -0.3 is 0 Å². The lowest BCUT2D eigenvalue weighted by Crippen LogP contribution is -2.57. The Bertz CT molecular complexity index is 237. The maximum Gasteiger partial charge on any atom is 0.696 e. The molecular weight excluding hydrogens is 209 g/mol. The van der Waals surface area contributed by atoms with Gasteiger partial charge in [0.05, 0.1) is 0 Å². The maximum absolute atomic E-state index is 10.2. The minimum Gasteiger partial charge on any atom is -0.280 e. The largest absolute Gasteiger partial charge is 0.696 e. The summed E-state index contributed by atoms with van der Waals surface area (Å²) in [6.45, 7) is 1.13. The van der Waals surface area contributed by atoms with Gasteiger partial charge >= 0.3 is 8.25 Å². The Kier molecular flexibility index (Phi) is 4.18. The molecule has 1 saturated heterocycles. The van der Waals surface area contributed by atoms with Crippen molar-refractivity contribution in [1.29, 1.82) is 5.41 Å². The van der Waals surface area contributed by atoms with Crippen LogP contribution in [0, 0.1) is 5.41 Å². The quantitative estimate of drug-likeness (QED) is 0.272. The summed E-state index contributed by atoms with van der Waals surface area (Å²) in [6, 6.07) is 0. The molecule has 1 aliphatic rings. The lowest BCUT2D eigenvalue weighted by atomic mass is 10.3. The summed E-state index contributed by atoms with van der Waals surface area (Å²) in [5, 5.41) is 10.3. The van der Waals surface area contributed by atoms with E-state index in [4.69, 9.17) is 16.1 Å². The van der Waals surface area contributed by atoms with Gasteiger partial charge in [-0.1, -0.05) is 0 Å². The van der Waals surface area contributed by atoms with Gasteiger partial charge in [0.1, 0.15) is 0 Å². The minimum atomic E-state index is -2.61. The molecule has 0 aromatic rings. The van der Waals surface area contributed by atoms with Gasteiger partial charge in [0.15, 0.2) is 6.73 Å². The molecule has 0 aliphatic carbocycles. The van der Waals surface area contributed by atoms with Crippen LogP contribution in [-0.4, -0.2) is 40.7 Å². The van der Waals surface area contributed by atoms with Gasteiger partial charge in [-0.25, -0.2) is 11.3 Å². The number of hydrogen-bond acceptors (Lipinski definition) is 5. The van der Waals surface area contributed by atoms with E-state index in [9.17, 15) is 4.57 Å². The van der Waals surface area contributed by atoms with Crippen LogP contribution in [0.3, 0.4) is 0 Å². The van der Waals surface area contributed by atoms with E-state index in [2.05, 4.69) is 9.95 Å². The molecule has 80 valence electrons. The maximum atomic E-state index is 10.2. The van der Waals surface area contributed by atoms with E-state index in [0.29, 0.717) is 13.1 Å². The van der Waals surface area contributed by atoms with Crippen LogP contribution in [0.4, 0.5) is 0 Å². The van der Waals surface area contributed by atoms with E-state index in [0.717, 1.165) is 6.42 Å². The number of nitrogens with two attached hydrogens (primary N) is 1. The molecule has 0 saturated carbocycles. The molecule has 8 nitrogen and oxygen atoms in total. The summed E-state index contributed by atoms with van der Waals surface area (Å²) >= 11 is 0. The van der Waals surface area contributed by atoms with E-state index < -0.39 is 8.25 Å². The molecule has 14 heavy (non-hydrogen) atoms. The molecule has 0 radical (unpaired) electrons. The summed E-state index contributed by atoms with van der Waals surface area (Å²) in [6.07, 6.45) is 0.817. The lowest BCUT2D eigenvalue weighted by Gasteiger charge is -2.34. The third-order valence-electron chi connectivity index (χ3n) is 1.74. The summed E-state index contributed by atoms with van der Waals surface area (Å²) < 4.78 is 14.5. The zero-order valence-electron chi connectivity index (χ0n) is 7.51. The van der Waals surface area contributed by atoms with Crippen LogP contribution >= 0.6 is 8.25 Å². The van der Waals surface area contributed by atoms with Crippen molar-refractivity contribution in [2.45, 2.75) is 6.42 Å². The van der Waals surface area contributed by atoms with E-state index in [-0.39, 0.29) is 12.7 Å². The second kappa shape index (κ2) is 5.18. The van der Waals surface area contributed by atoms with E-state index in [1.165, 1.54) is 10.0 Å². The molecule has 0 aromatic carbocycles. The van der Waals surface area contributed by atoms with Crippen molar-refractivity contribution in [3.8, 4) is 0 Å². The Hall–Kier alpha value is -0.790. The van der Waals surface area contributed by atoms with Crippen LogP contribution < -0.4 is 11.3 Å². The topological polar surface area (TPSA) is 115 Å². The van der Waals surface area contributed by atoms with Crippen LogP contribution in [0.25, 0.3) is 0 Å². The summed E-state index contributed by atoms with van der Waals surface area (Å²) in [7, 11) is -2.61. The average Bonchev–Trinajstić information content (AvgIpc) is 2.12. The molecule has 0 spiro atoms. The SMILES string of the molecule is N=C1N(N)CCCN1NCO[P+](=O)O. The zero-order valence-corrected chi connectivity index (χ0v) is 8.41. The zero-order chi connectivity index (χ0) is 10.6. The van der Waals surface area contributed by atoms with Crippen molar-refractivity contribution in [3.05, 3.63) is 0 Å². The van der Waals surface area contributed by atoms with E-state index in [1.807, 2.05) is 0 Å². The highest BCUT2D eigenvalue weighted by molar-refractivity contribution is 7.32. The van der Waals surface area contributed by atoms with Crippen molar-refractivity contribution in [2.24, 2.45) is 5.84 Å². The molecule has 1 fully saturated rings. The molecule has 1 heterocycles. The highest BCUT2D eigenvalue weighted by atomic mass is 31.1. The predicted molar refractivity (Wildman–Crippen MR) is 48.9 cm³/mol. The number of guanidine groups is 1. The number of hydrazine groups is 2. The van der Waals surface area contributed by atoms with E-state index in [1.54, 1.807) is 0 Å². The van der Waals surface area contributed by atoms with Crippen molar-refractivity contribution >= 4 is 14.2 Å². The standard InChI is InChI=1S/C5H12N5O3P/c6-5-9(7)2-1-3-10(5)8-4-13-14(11)12/h6,8H,1-4,7H2/p+1. The smallest absolute Gasteiger partial charge is 0.280 e. The van der Waals surface area contributed by atoms with Crippen LogP contribution in [0.15, 0.2) is 0 Å². The first-order valence-electron chi connectivity index (χ1n) is 4.02. The molecule has 5 N–H and O–H groups in total. The molecule has 9 heteroatoms. The fourth-order valence-corrected chi connectivity index (χ4v) is 1.25. The molecule has 1 aliphatic heterocycles. The molecule has 0 bridgehead atoms. The molecule has 1 unspecified atom stereocenters. The highest BCUT2D eigenvalue weighted by Gasteiger charge is 2.21. The fraction of sp³-hybridized carbons (Fsp3) is 0.800. The van der Waals surface area contributed by atoms with Gasteiger partial charge in [-0.3, -0.25) is 15.4 Å². The van der Waals surface area contributed by atoms with Gasteiger partial charge in [-0.2, -0.15) is 0 Å². The molecular formula is C5H13N5O3P+. The summed E-state index contributed by atoms with van der Waals surface area (Å²) in [5.74, 6) is 5.60. The van der Waals surface area contributed by atoms with Crippen LogP contribution in [0.2, 0.25) is 0 Å². The third-order valence-corrected chi connectivity index (χ3v) is 2.09. The van der Waals surface area contributed by atoms with E-state index >= 15 is 0 Å². The molecule has 1 atom stereocenters. The number of hydrogen-bond donors (Lipinski definition) is 4. The van der Waals surface area contributed by atoms with Crippen molar-refractivity contribution in [2.75, 3.05) is 19.8 Å². The van der Waals surface area contributed by atoms with Gasteiger partial charge in [0.2, 0.25) is 5.96 Å². The fourth-order valence-electron chi connectivity index (χ4n) is 1.08. The van der Waals surface area contributed by atoms with Crippen LogP contribution in [0.1, 0.15) is 6.42 Å². The van der Waals surface area contributed by atoms with Crippen molar-refractivity contribution < 1.29 is 14.0 Å². The Labute approximate surface area is 82.0 Å². The van der Waals surface area contributed by atoms with Crippen molar-refractivity contribution in [3.63, 3.8) is 0 Å². The normalized spacial score (nSPS) is 18.7. The number of nitrogens with one attached hydrogen (secondary N) is 2. The second-order valence-corrected chi connectivity index (χ2v) is 3.43. The first-order valence-corrected chi connectivity index (χ1v) is 5.15. The minimum absolute atomic E-state index is 0.119. The molecule has 1 rings (SSSR count). The second-order valence-electron chi connectivity index (χ2n) is 2.69. The first kappa shape index (κ1) is 11.3.